The van der Waals surface area contributed by atoms with Crippen LogP contribution in [0.5, 0.6) is 0 Å². The zero-order valence-corrected chi connectivity index (χ0v) is 22.7. The molecule has 0 aliphatic heterocycles. The number of carbonyl (C=O) groups excluding carboxylic acids is 2. The first kappa shape index (κ1) is 27.1. The Morgan fingerprint density at radius 1 is 1.11 bits per heavy atom. The molecule has 0 spiro atoms. The lowest BCUT2D eigenvalue weighted by Gasteiger charge is -2.13. The quantitative estimate of drug-likeness (QED) is 0.322. The van der Waals surface area contributed by atoms with Crippen LogP contribution in [-0.2, 0) is 9.59 Å². The predicted octanol–water partition coefficient (Wildman–Crippen LogP) is 5.41. The monoisotopic (exact) mass is 528 g/mol. The normalized spacial score (nSPS) is 17.1. The van der Waals surface area contributed by atoms with Crippen LogP contribution in [0.25, 0.3) is 27.0 Å². The molecule has 1 aliphatic carbocycles. The van der Waals surface area contributed by atoms with Crippen molar-refractivity contribution in [1.82, 2.24) is 20.2 Å². The number of amides is 2. The fourth-order valence-corrected chi connectivity index (χ4v) is 5.05. The second kappa shape index (κ2) is 12.5. The summed E-state index contributed by atoms with van der Waals surface area (Å²) in [6.07, 6.45) is 12.7. The minimum absolute atomic E-state index is 0.0451. The molecule has 3 N–H and O–H groups in total. The summed E-state index contributed by atoms with van der Waals surface area (Å²) in [5.74, 6) is -0.480. The second-order valence-electron chi connectivity index (χ2n) is 9.30. The highest BCUT2D eigenvalue weighted by Crippen LogP contribution is 2.37. The molecule has 0 saturated heterocycles. The number of hydrogen-bond donors (Lipinski definition) is 3. The molecule has 0 unspecified atom stereocenters. The Labute approximate surface area is 226 Å². The van der Waals surface area contributed by atoms with Gasteiger partial charge in [0, 0.05) is 17.5 Å². The van der Waals surface area contributed by atoms with Crippen molar-refractivity contribution in [2.45, 2.75) is 32.6 Å². The Kier molecular flexibility index (Phi) is 8.93. The molecule has 4 rings (SSSR count). The van der Waals surface area contributed by atoms with Crippen LogP contribution in [0.2, 0.25) is 0 Å². The Hall–Kier alpha value is -3.95. The van der Waals surface area contributed by atoms with E-state index in [0.717, 1.165) is 57.6 Å². The number of aromatic nitrogens is 2. The maximum Gasteiger partial charge on any atom is 0.271 e. The van der Waals surface area contributed by atoms with Crippen molar-refractivity contribution < 1.29 is 9.59 Å². The lowest BCUT2D eigenvalue weighted by Crippen LogP contribution is -2.32. The van der Waals surface area contributed by atoms with E-state index in [1.807, 2.05) is 68.4 Å². The average Bonchev–Trinajstić information content (AvgIpc) is 3.27. The molecule has 1 aliphatic rings. The van der Waals surface area contributed by atoms with Gasteiger partial charge < -0.3 is 10.2 Å². The molecule has 196 valence electrons. The largest absolute Gasteiger partial charge is 0.325 e. The van der Waals surface area contributed by atoms with E-state index in [1.54, 1.807) is 6.20 Å². The third-order valence-corrected chi connectivity index (χ3v) is 6.86. The minimum atomic E-state index is -0.424. The molecule has 9 heteroatoms. The van der Waals surface area contributed by atoms with Crippen molar-refractivity contribution >= 4 is 49.8 Å². The van der Waals surface area contributed by atoms with E-state index >= 15 is 0 Å². The number of rotatable bonds is 9. The highest BCUT2D eigenvalue weighted by molar-refractivity contribution is 7.23. The summed E-state index contributed by atoms with van der Waals surface area (Å²) in [4.78, 5) is 35.8. The molecule has 0 bridgehead atoms. The Morgan fingerprint density at radius 2 is 1.92 bits per heavy atom. The first-order valence-corrected chi connectivity index (χ1v) is 13.4. The predicted molar refractivity (Wildman–Crippen MR) is 155 cm³/mol. The molecule has 0 fully saturated rings. The maximum absolute atomic E-state index is 12.4. The summed E-state index contributed by atoms with van der Waals surface area (Å²) in [5.41, 5.74) is 5.29. The standard InChI is InChI=1S/C29H32N6O2S/c1-4-9-23(30)28(37)34-29-33-25-17-20(16-22(27(25)38-29)24-12-7-8-15-31-24)19-10-5-6-11-21(14-13-19)32-26(36)18-35(2)3/h7-8,10-17,30H,4-6,9,18H2,1-3H3,(H,32,36)(H,33,34,37)/b14-13-,19-10+,21-11-,30-23?. The number of pyridine rings is 1. The van der Waals surface area contributed by atoms with Crippen LogP contribution in [0.1, 0.15) is 38.2 Å². The Balaban J connectivity index is 1.69. The van der Waals surface area contributed by atoms with Gasteiger partial charge >= 0.3 is 0 Å². The fourth-order valence-electron chi connectivity index (χ4n) is 4.09. The minimum Gasteiger partial charge on any atom is -0.325 e. The van der Waals surface area contributed by atoms with Gasteiger partial charge in [-0.1, -0.05) is 49.0 Å². The number of likely N-dealkylation sites (N-methyl/N-ethyl adjacent to an activating group) is 1. The number of carbonyl (C=O) groups is 2. The van der Waals surface area contributed by atoms with Crippen molar-refractivity contribution in [3.63, 3.8) is 0 Å². The zero-order valence-electron chi connectivity index (χ0n) is 21.9. The fraction of sp³-hybridized carbons (Fsp3) is 0.276. The lowest BCUT2D eigenvalue weighted by molar-refractivity contribution is -0.120. The Bertz CT molecular complexity index is 1440. The number of fused-ring (bicyclic) bond motifs is 1. The summed E-state index contributed by atoms with van der Waals surface area (Å²) in [7, 11) is 3.73. The van der Waals surface area contributed by atoms with Crippen molar-refractivity contribution in [3.05, 3.63) is 72.1 Å². The zero-order chi connectivity index (χ0) is 27.1. The molecule has 8 nitrogen and oxygen atoms in total. The molecule has 2 heterocycles. The van der Waals surface area contributed by atoms with Crippen LogP contribution in [0.15, 0.2) is 66.5 Å². The molecule has 38 heavy (non-hydrogen) atoms. The second-order valence-corrected chi connectivity index (χ2v) is 10.3. The first-order chi connectivity index (χ1) is 18.3. The third-order valence-electron chi connectivity index (χ3n) is 5.84. The number of nitrogens with one attached hydrogen (secondary N) is 3. The molecule has 3 aromatic rings. The van der Waals surface area contributed by atoms with Crippen LogP contribution < -0.4 is 10.6 Å². The average molecular weight is 529 g/mol. The number of hydrogen-bond acceptors (Lipinski definition) is 7. The number of nitrogens with zero attached hydrogens (tertiary/aromatic N) is 3. The smallest absolute Gasteiger partial charge is 0.271 e. The van der Waals surface area contributed by atoms with E-state index in [0.29, 0.717) is 18.1 Å². The van der Waals surface area contributed by atoms with Gasteiger partial charge in [0.1, 0.15) is 0 Å². The molecule has 2 amide bonds. The van der Waals surface area contributed by atoms with E-state index in [-0.39, 0.29) is 11.6 Å². The van der Waals surface area contributed by atoms with Gasteiger partial charge in [0.15, 0.2) is 5.13 Å². The molecule has 0 saturated carbocycles. The summed E-state index contributed by atoms with van der Waals surface area (Å²) in [5, 5.41) is 14.2. The van der Waals surface area contributed by atoms with E-state index in [1.165, 1.54) is 11.3 Å². The van der Waals surface area contributed by atoms with Crippen molar-refractivity contribution in [2.24, 2.45) is 0 Å². The molecule has 1 aromatic carbocycles. The number of benzene rings is 1. The topological polar surface area (TPSA) is 111 Å². The summed E-state index contributed by atoms with van der Waals surface area (Å²) in [6.45, 7) is 2.26. The molecular formula is C29H32N6O2S. The van der Waals surface area contributed by atoms with Gasteiger partial charge in [0.05, 0.1) is 28.2 Å². The van der Waals surface area contributed by atoms with Crippen molar-refractivity contribution in [1.29, 1.82) is 5.41 Å². The van der Waals surface area contributed by atoms with Gasteiger partial charge in [-0.15, -0.1) is 0 Å². The summed E-state index contributed by atoms with van der Waals surface area (Å²) >= 11 is 1.38. The lowest BCUT2D eigenvalue weighted by atomic mass is 9.97. The van der Waals surface area contributed by atoms with Crippen LogP contribution in [0.4, 0.5) is 5.13 Å². The number of thiazole rings is 1. The van der Waals surface area contributed by atoms with Crippen LogP contribution >= 0.6 is 11.3 Å². The van der Waals surface area contributed by atoms with Crippen LogP contribution in [0, 0.1) is 5.41 Å². The van der Waals surface area contributed by atoms with Crippen molar-refractivity contribution in [3.8, 4) is 11.3 Å². The van der Waals surface area contributed by atoms with Crippen LogP contribution in [-0.4, -0.2) is 53.0 Å². The first-order valence-electron chi connectivity index (χ1n) is 12.6. The molecule has 0 radical (unpaired) electrons. The van der Waals surface area contributed by atoms with Gasteiger partial charge in [0.2, 0.25) is 5.91 Å². The molecule has 2 aromatic heterocycles. The van der Waals surface area contributed by atoms with Gasteiger partial charge in [-0.05, 0) is 74.8 Å². The third kappa shape index (κ3) is 6.87. The summed E-state index contributed by atoms with van der Waals surface area (Å²) in [6, 6.07) is 9.88. The van der Waals surface area contributed by atoms with Gasteiger partial charge in [-0.2, -0.15) is 0 Å². The van der Waals surface area contributed by atoms with Crippen LogP contribution in [0.3, 0.4) is 0 Å². The molecular weight excluding hydrogens is 496 g/mol. The SMILES string of the molecule is CCCC(=N)C(=O)Nc1nc2cc(C3=C/CC/C=C(NC(=O)CN(C)C)/C=C\3)cc(-c3ccccn3)c2s1. The van der Waals surface area contributed by atoms with E-state index in [4.69, 9.17) is 10.4 Å². The Morgan fingerprint density at radius 3 is 2.66 bits per heavy atom. The number of anilines is 1. The molecule has 0 atom stereocenters. The van der Waals surface area contributed by atoms with E-state index < -0.39 is 5.91 Å². The van der Waals surface area contributed by atoms with Gasteiger partial charge in [-0.25, -0.2) is 4.98 Å². The van der Waals surface area contributed by atoms with Gasteiger partial charge in [0.25, 0.3) is 5.91 Å². The van der Waals surface area contributed by atoms with Gasteiger partial charge in [-0.3, -0.25) is 25.3 Å². The van der Waals surface area contributed by atoms with E-state index in [9.17, 15) is 9.59 Å². The highest BCUT2D eigenvalue weighted by atomic mass is 32.1. The summed E-state index contributed by atoms with van der Waals surface area (Å²) < 4.78 is 0.914. The maximum atomic E-state index is 12.4. The van der Waals surface area contributed by atoms with Crippen molar-refractivity contribution in [2.75, 3.05) is 26.0 Å². The van der Waals surface area contributed by atoms with E-state index in [2.05, 4.69) is 27.8 Å². The highest BCUT2D eigenvalue weighted by Gasteiger charge is 2.17. The number of allylic oxidation sites excluding steroid dienone is 5.